The number of carboxylic acids is 1. The van der Waals surface area contributed by atoms with Crippen molar-refractivity contribution in [3.63, 3.8) is 0 Å². The summed E-state index contributed by atoms with van der Waals surface area (Å²) < 4.78 is 66.5. The Hall–Kier alpha value is -2.93. The lowest BCUT2D eigenvalue weighted by atomic mass is 10.2. The number of alkyl halides is 3. The van der Waals surface area contributed by atoms with Gasteiger partial charge in [-0.2, -0.15) is 5.10 Å². The fourth-order valence-electron chi connectivity index (χ4n) is 2.70. The maximum absolute atomic E-state index is 12.7. The van der Waals surface area contributed by atoms with Gasteiger partial charge >= 0.3 is 12.3 Å². The fraction of sp³-hybridized carbons (Fsp3) is 0.118. The van der Waals surface area contributed by atoms with Gasteiger partial charge in [0.25, 0.3) is 0 Å². The van der Waals surface area contributed by atoms with Crippen molar-refractivity contribution in [2.45, 2.75) is 11.3 Å². The topological polar surface area (TPSA) is 116 Å². The van der Waals surface area contributed by atoms with Gasteiger partial charge in [-0.1, -0.05) is 15.9 Å². The molecule has 0 fully saturated rings. The summed E-state index contributed by atoms with van der Waals surface area (Å²) >= 11 is 3.13. The second kappa shape index (κ2) is 7.40. The van der Waals surface area contributed by atoms with Gasteiger partial charge < -0.3 is 9.84 Å². The largest absolute Gasteiger partial charge is 0.573 e. The van der Waals surface area contributed by atoms with E-state index < -0.39 is 49.3 Å². The second-order valence-corrected chi connectivity index (χ2v) is 8.91. The molecule has 30 heavy (non-hydrogen) atoms. The lowest BCUT2D eigenvalue weighted by Gasteiger charge is -2.14. The number of hydrogen-bond acceptors (Lipinski definition) is 6. The Morgan fingerprint density at radius 3 is 2.30 bits per heavy atom. The van der Waals surface area contributed by atoms with Crippen LogP contribution in [-0.4, -0.2) is 41.9 Å². The number of fused-ring (bicyclic) bond motifs is 1. The van der Waals surface area contributed by atoms with E-state index in [1.807, 2.05) is 0 Å². The highest BCUT2D eigenvalue weighted by atomic mass is 79.9. The predicted molar refractivity (Wildman–Crippen MR) is 102 cm³/mol. The molecule has 8 nitrogen and oxygen atoms in total. The Bertz CT molecular complexity index is 1330. The molecule has 0 amide bonds. The molecule has 0 aliphatic heterocycles. The molecule has 0 bridgehead atoms. The van der Waals surface area contributed by atoms with Crippen molar-refractivity contribution < 1.29 is 36.2 Å². The van der Waals surface area contributed by atoms with E-state index >= 15 is 0 Å². The van der Waals surface area contributed by atoms with Crippen LogP contribution >= 0.6 is 15.9 Å². The number of hydrogen-bond donors (Lipinski definition) is 1. The third-order valence-corrected chi connectivity index (χ3v) is 5.41. The molecule has 0 atom stereocenters. The highest BCUT2D eigenvalue weighted by molar-refractivity contribution is 9.10. The Balaban J connectivity index is 2.38. The van der Waals surface area contributed by atoms with Crippen LogP contribution in [0.2, 0.25) is 0 Å². The van der Waals surface area contributed by atoms with Gasteiger partial charge in [0.15, 0.2) is 9.84 Å². The molecular formula is C17H10BrF3N2O6S. The molecule has 3 rings (SSSR count). The molecular weight excluding hydrogens is 497 g/mol. The molecule has 1 aromatic heterocycles. The van der Waals surface area contributed by atoms with Crippen LogP contribution in [0, 0.1) is 0 Å². The van der Waals surface area contributed by atoms with E-state index in [1.54, 1.807) is 0 Å². The SMILES string of the molecule is CS(=O)(=O)c1cc(Br)cc2c1c(=O)c(C(=O)O)nn2-c1ccc(OC(F)(F)F)cc1. The van der Waals surface area contributed by atoms with Gasteiger partial charge in [-0.15, -0.1) is 13.2 Å². The highest BCUT2D eigenvalue weighted by Gasteiger charge is 2.31. The number of aromatic nitrogens is 2. The average Bonchev–Trinajstić information content (AvgIpc) is 2.60. The van der Waals surface area contributed by atoms with E-state index in [0.717, 1.165) is 41.3 Å². The maximum Gasteiger partial charge on any atom is 0.573 e. The minimum atomic E-state index is -4.91. The first-order valence-electron chi connectivity index (χ1n) is 7.84. The van der Waals surface area contributed by atoms with Crippen molar-refractivity contribution in [3.8, 4) is 11.4 Å². The van der Waals surface area contributed by atoms with Crippen molar-refractivity contribution in [3.05, 3.63) is 56.8 Å². The molecule has 0 saturated heterocycles. The predicted octanol–water partition coefficient (Wildman–Crippen LogP) is 3.15. The van der Waals surface area contributed by atoms with Crippen LogP contribution in [0.5, 0.6) is 5.75 Å². The number of carbonyl (C=O) groups is 1. The zero-order chi connectivity index (χ0) is 22.4. The first kappa shape index (κ1) is 21.8. The van der Waals surface area contributed by atoms with Crippen LogP contribution in [0.3, 0.4) is 0 Å². The number of carboxylic acid groups (broad SMARTS) is 1. The van der Waals surface area contributed by atoms with E-state index in [4.69, 9.17) is 0 Å². The molecule has 0 unspecified atom stereocenters. The van der Waals surface area contributed by atoms with Crippen molar-refractivity contribution in [1.82, 2.24) is 9.78 Å². The van der Waals surface area contributed by atoms with Crippen molar-refractivity contribution >= 4 is 42.6 Å². The Kier molecular flexibility index (Phi) is 5.37. The van der Waals surface area contributed by atoms with Crippen LogP contribution in [0.4, 0.5) is 13.2 Å². The number of nitrogens with zero attached hydrogens (tertiary/aromatic N) is 2. The number of ether oxygens (including phenoxy) is 1. The second-order valence-electron chi connectivity index (χ2n) is 6.01. The number of sulfone groups is 1. The first-order valence-corrected chi connectivity index (χ1v) is 10.5. The molecule has 1 N–H and O–H groups in total. The molecule has 0 aliphatic carbocycles. The van der Waals surface area contributed by atoms with Gasteiger partial charge in [0.2, 0.25) is 11.1 Å². The van der Waals surface area contributed by atoms with Gasteiger partial charge in [0.1, 0.15) is 5.75 Å². The lowest BCUT2D eigenvalue weighted by Crippen LogP contribution is -2.24. The normalized spacial score (nSPS) is 12.2. The van der Waals surface area contributed by atoms with Gasteiger partial charge in [-0.3, -0.25) is 4.79 Å². The van der Waals surface area contributed by atoms with Crippen molar-refractivity contribution in [2.24, 2.45) is 0 Å². The van der Waals surface area contributed by atoms with Crippen LogP contribution in [0.25, 0.3) is 16.6 Å². The summed E-state index contributed by atoms with van der Waals surface area (Å²) in [7, 11) is -3.95. The standard InChI is InChI=1S/C17H10BrF3N2O6S/c1-30(27,28)12-7-8(18)6-11-13(12)15(24)14(16(25)26)22-23(11)9-2-4-10(5-3-9)29-17(19,20)21/h2-7H,1H3,(H,25,26). The molecule has 0 aliphatic rings. The van der Waals surface area contributed by atoms with E-state index in [9.17, 15) is 36.3 Å². The highest BCUT2D eigenvalue weighted by Crippen LogP contribution is 2.28. The zero-order valence-electron chi connectivity index (χ0n) is 14.8. The Morgan fingerprint density at radius 1 is 1.20 bits per heavy atom. The smallest absolute Gasteiger partial charge is 0.476 e. The molecule has 13 heteroatoms. The van der Waals surface area contributed by atoms with Gasteiger partial charge in [0, 0.05) is 10.7 Å². The monoisotopic (exact) mass is 506 g/mol. The molecule has 1 heterocycles. The summed E-state index contributed by atoms with van der Waals surface area (Å²) in [4.78, 5) is 23.7. The third kappa shape index (κ3) is 4.31. The van der Waals surface area contributed by atoms with E-state index in [0.29, 0.717) is 0 Å². The summed E-state index contributed by atoms with van der Waals surface area (Å²) in [6, 6.07) is 6.70. The maximum atomic E-state index is 12.7. The summed E-state index contributed by atoms with van der Waals surface area (Å²) in [6.07, 6.45) is -4.06. The summed E-state index contributed by atoms with van der Waals surface area (Å²) in [6.45, 7) is 0. The minimum absolute atomic E-state index is 0.0644. The first-order chi connectivity index (χ1) is 13.8. The van der Waals surface area contributed by atoms with E-state index in [2.05, 4.69) is 25.8 Å². The zero-order valence-corrected chi connectivity index (χ0v) is 17.2. The van der Waals surface area contributed by atoms with Gasteiger partial charge in [0.05, 0.1) is 21.5 Å². The number of aromatic carboxylic acids is 1. The van der Waals surface area contributed by atoms with Crippen LogP contribution in [0.1, 0.15) is 10.5 Å². The van der Waals surface area contributed by atoms with E-state index in [-0.39, 0.29) is 15.7 Å². The number of halogens is 4. The number of benzene rings is 2. The van der Waals surface area contributed by atoms with E-state index in [1.165, 1.54) is 6.07 Å². The van der Waals surface area contributed by atoms with Crippen LogP contribution in [0.15, 0.2) is 50.6 Å². The molecule has 2 aromatic carbocycles. The molecule has 3 aromatic rings. The van der Waals surface area contributed by atoms with Gasteiger partial charge in [-0.25, -0.2) is 17.9 Å². The molecule has 0 spiro atoms. The van der Waals surface area contributed by atoms with Crippen molar-refractivity contribution in [2.75, 3.05) is 6.26 Å². The third-order valence-electron chi connectivity index (χ3n) is 3.83. The Morgan fingerprint density at radius 2 is 1.80 bits per heavy atom. The molecule has 158 valence electrons. The quantitative estimate of drug-likeness (QED) is 0.577. The molecule has 0 radical (unpaired) electrons. The van der Waals surface area contributed by atoms with Crippen molar-refractivity contribution in [1.29, 1.82) is 0 Å². The fourth-order valence-corrected chi connectivity index (χ4v) is 4.21. The summed E-state index contributed by atoms with van der Waals surface area (Å²) in [5.74, 6) is -2.23. The number of rotatable bonds is 4. The summed E-state index contributed by atoms with van der Waals surface area (Å²) in [5, 5.41) is 12.7. The average molecular weight is 507 g/mol. The van der Waals surface area contributed by atoms with Crippen LogP contribution < -0.4 is 10.2 Å². The minimum Gasteiger partial charge on any atom is -0.476 e. The lowest BCUT2D eigenvalue weighted by molar-refractivity contribution is -0.274. The Labute approximate surface area is 174 Å². The summed E-state index contributed by atoms with van der Waals surface area (Å²) in [5.41, 5.74) is -2.07. The molecule has 0 saturated carbocycles. The van der Waals surface area contributed by atoms with Crippen LogP contribution in [-0.2, 0) is 9.84 Å². The van der Waals surface area contributed by atoms with Gasteiger partial charge in [-0.05, 0) is 36.4 Å².